The molecule has 1 aliphatic heterocycles. The van der Waals surface area contributed by atoms with E-state index in [0.29, 0.717) is 18.1 Å². The Balaban J connectivity index is 1.98. The Hall–Kier alpha value is -0.120. The highest BCUT2D eigenvalue weighted by atomic mass is 16.5. The number of ether oxygens (including phenoxy) is 2. The molecule has 1 N–H and O–H groups in total. The van der Waals surface area contributed by atoms with Crippen LogP contribution >= 0.6 is 0 Å². The molecule has 3 unspecified atom stereocenters. The van der Waals surface area contributed by atoms with Crippen LogP contribution in [0.3, 0.4) is 0 Å². The minimum atomic E-state index is 0.237. The molecule has 0 aromatic rings. The number of nitrogens with one attached hydrogen (secondary N) is 1. The van der Waals surface area contributed by atoms with Crippen molar-refractivity contribution < 1.29 is 9.47 Å². The Kier molecular flexibility index (Phi) is 5.67. The lowest BCUT2D eigenvalue weighted by molar-refractivity contribution is -0.152. The SMILES string of the molecule is CCCC(OCC)C(NC)C1CCOC2(CCC2)C1. The molecule has 1 saturated carbocycles. The predicted molar refractivity (Wildman–Crippen MR) is 78.4 cm³/mol. The summed E-state index contributed by atoms with van der Waals surface area (Å²) in [7, 11) is 2.09. The standard InChI is InChI=1S/C16H31NO2/c1-4-7-14(18-5-2)15(17-3)13-8-11-19-16(12-13)9-6-10-16/h13-15,17H,4-12H2,1-3H3. The molecule has 1 aliphatic carbocycles. The summed E-state index contributed by atoms with van der Waals surface area (Å²) in [6.45, 7) is 6.11. The van der Waals surface area contributed by atoms with E-state index in [-0.39, 0.29) is 5.60 Å². The van der Waals surface area contributed by atoms with E-state index in [2.05, 4.69) is 26.2 Å². The predicted octanol–water partition coefficient (Wildman–Crippen LogP) is 3.13. The first-order valence-corrected chi connectivity index (χ1v) is 8.17. The smallest absolute Gasteiger partial charge is 0.0730 e. The second-order valence-electron chi connectivity index (χ2n) is 6.23. The molecule has 19 heavy (non-hydrogen) atoms. The summed E-state index contributed by atoms with van der Waals surface area (Å²) in [5.74, 6) is 0.710. The molecule has 2 fully saturated rings. The van der Waals surface area contributed by atoms with Gasteiger partial charge in [0, 0.05) is 19.3 Å². The van der Waals surface area contributed by atoms with Crippen LogP contribution in [-0.2, 0) is 9.47 Å². The highest BCUT2D eigenvalue weighted by molar-refractivity contribution is 4.97. The van der Waals surface area contributed by atoms with E-state index in [1.165, 1.54) is 38.5 Å². The van der Waals surface area contributed by atoms with Crippen LogP contribution in [0.25, 0.3) is 0 Å². The van der Waals surface area contributed by atoms with Gasteiger partial charge in [0.15, 0.2) is 0 Å². The van der Waals surface area contributed by atoms with E-state index < -0.39 is 0 Å². The quantitative estimate of drug-likeness (QED) is 0.770. The molecule has 112 valence electrons. The molecule has 3 atom stereocenters. The number of rotatable bonds is 7. The molecule has 2 aliphatic rings. The summed E-state index contributed by atoms with van der Waals surface area (Å²) in [6.07, 6.45) is 9.01. The van der Waals surface area contributed by atoms with E-state index in [0.717, 1.165) is 19.6 Å². The van der Waals surface area contributed by atoms with Gasteiger partial charge in [-0.25, -0.2) is 0 Å². The molecule has 1 saturated heterocycles. The third kappa shape index (κ3) is 3.50. The number of hydrogen-bond donors (Lipinski definition) is 1. The fourth-order valence-electron chi connectivity index (χ4n) is 3.88. The van der Waals surface area contributed by atoms with Crippen LogP contribution in [0.4, 0.5) is 0 Å². The van der Waals surface area contributed by atoms with Crippen molar-refractivity contribution in [2.75, 3.05) is 20.3 Å². The molecule has 0 aromatic heterocycles. The molecule has 2 rings (SSSR count). The van der Waals surface area contributed by atoms with E-state index in [1.807, 2.05) is 0 Å². The van der Waals surface area contributed by atoms with Gasteiger partial charge in [0.05, 0.1) is 11.7 Å². The second-order valence-corrected chi connectivity index (χ2v) is 6.23. The van der Waals surface area contributed by atoms with Gasteiger partial charge in [0.2, 0.25) is 0 Å². The molecule has 0 amide bonds. The van der Waals surface area contributed by atoms with Gasteiger partial charge in [-0.3, -0.25) is 0 Å². The summed E-state index contributed by atoms with van der Waals surface area (Å²) in [5.41, 5.74) is 0.237. The maximum absolute atomic E-state index is 6.06. The molecule has 1 spiro atoms. The first-order chi connectivity index (χ1) is 9.24. The summed E-state index contributed by atoms with van der Waals surface area (Å²) >= 11 is 0. The van der Waals surface area contributed by atoms with Crippen LogP contribution in [0.2, 0.25) is 0 Å². The second kappa shape index (κ2) is 7.05. The average Bonchev–Trinajstić information content (AvgIpc) is 2.39. The zero-order valence-corrected chi connectivity index (χ0v) is 12.9. The van der Waals surface area contributed by atoms with Crippen LogP contribution in [0.15, 0.2) is 0 Å². The molecular weight excluding hydrogens is 238 g/mol. The molecule has 0 aromatic carbocycles. The zero-order valence-electron chi connectivity index (χ0n) is 12.9. The van der Waals surface area contributed by atoms with E-state index >= 15 is 0 Å². The monoisotopic (exact) mass is 269 g/mol. The Morgan fingerprint density at radius 3 is 2.68 bits per heavy atom. The summed E-state index contributed by atoms with van der Waals surface area (Å²) in [6, 6.07) is 0.487. The molecule has 0 bridgehead atoms. The lowest BCUT2D eigenvalue weighted by Crippen LogP contribution is -2.53. The largest absolute Gasteiger partial charge is 0.377 e. The van der Waals surface area contributed by atoms with Crippen molar-refractivity contribution in [3.63, 3.8) is 0 Å². The van der Waals surface area contributed by atoms with Gasteiger partial charge in [-0.1, -0.05) is 13.3 Å². The molecule has 3 heteroatoms. The van der Waals surface area contributed by atoms with Crippen LogP contribution in [0.1, 0.15) is 58.8 Å². The van der Waals surface area contributed by atoms with Gasteiger partial charge in [-0.15, -0.1) is 0 Å². The normalized spacial score (nSPS) is 28.9. The Bertz CT molecular complexity index is 259. The van der Waals surface area contributed by atoms with Crippen molar-refractivity contribution in [1.29, 1.82) is 0 Å². The third-order valence-electron chi connectivity index (χ3n) is 4.99. The third-order valence-corrected chi connectivity index (χ3v) is 4.99. The van der Waals surface area contributed by atoms with Crippen molar-refractivity contribution in [2.24, 2.45) is 5.92 Å². The van der Waals surface area contributed by atoms with E-state index in [1.54, 1.807) is 0 Å². The Morgan fingerprint density at radius 1 is 1.37 bits per heavy atom. The molecule has 1 heterocycles. The summed E-state index contributed by atoms with van der Waals surface area (Å²) in [5, 5.41) is 3.55. The van der Waals surface area contributed by atoms with E-state index in [4.69, 9.17) is 9.47 Å². The highest BCUT2D eigenvalue weighted by Gasteiger charge is 2.45. The average molecular weight is 269 g/mol. The van der Waals surface area contributed by atoms with E-state index in [9.17, 15) is 0 Å². The highest BCUT2D eigenvalue weighted by Crippen LogP contribution is 2.45. The number of hydrogen-bond acceptors (Lipinski definition) is 3. The van der Waals surface area contributed by atoms with Crippen molar-refractivity contribution >= 4 is 0 Å². The van der Waals surface area contributed by atoms with Crippen molar-refractivity contribution in [3.8, 4) is 0 Å². The van der Waals surface area contributed by atoms with Gasteiger partial charge >= 0.3 is 0 Å². The fourth-order valence-corrected chi connectivity index (χ4v) is 3.88. The van der Waals surface area contributed by atoms with Crippen LogP contribution in [0.5, 0.6) is 0 Å². The van der Waals surface area contributed by atoms with Crippen molar-refractivity contribution in [3.05, 3.63) is 0 Å². The van der Waals surface area contributed by atoms with Crippen molar-refractivity contribution in [2.45, 2.75) is 76.5 Å². The minimum absolute atomic E-state index is 0.237. The van der Waals surface area contributed by atoms with Crippen LogP contribution in [-0.4, -0.2) is 38.0 Å². The minimum Gasteiger partial charge on any atom is -0.377 e. The van der Waals surface area contributed by atoms with Gasteiger partial charge < -0.3 is 14.8 Å². The van der Waals surface area contributed by atoms with Gasteiger partial charge in [-0.2, -0.15) is 0 Å². The first kappa shape index (κ1) is 15.3. The van der Waals surface area contributed by atoms with Gasteiger partial charge in [-0.05, 0) is 58.4 Å². The zero-order chi connectivity index (χ0) is 13.7. The summed E-state index contributed by atoms with van der Waals surface area (Å²) in [4.78, 5) is 0. The van der Waals surface area contributed by atoms with Crippen LogP contribution < -0.4 is 5.32 Å². The van der Waals surface area contributed by atoms with Gasteiger partial charge in [0.25, 0.3) is 0 Å². The van der Waals surface area contributed by atoms with Gasteiger partial charge in [0.1, 0.15) is 0 Å². The molecule has 3 nitrogen and oxygen atoms in total. The number of likely N-dealkylation sites (N-methyl/N-ethyl adjacent to an activating group) is 1. The fraction of sp³-hybridized carbons (Fsp3) is 1.00. The summed E-state index contributed by atoms with van der Waals surface area (Å²) < 4.78 is 12.1. The van der Waals surface area contributed by atoms with Crippen LogP contribution in [0, 0.1) is 5.92 Å². The molecule has 0 radical (unpaired) electrons. The lowest BCUT2D eigenvalue weighted by Gasteiger charge is -2.49. The maximum atomic E-state index is 6.06. The lowest BCUT2D eigenvalue weighted by atomic mass is 9.69. The van der Waals surface area contributed by atoms with Crippen molar-refractivity contribution in [1.82, 2.24) is 5.32 Å². The molecular formula is C16H31NO2. The topological polar surface area (TPSA) is 30.5 Å². The Labute approximate surface area is 118 Å². The first-order valence-electron chi connectivity index (χ1n) is 8.17. The Morgan fingerprint density at radius 2 is 2.16 bits per heavy atom. The maximum Gasteiger partial charge on any atom is 0.0730 e.